The van der Waals surface area contributed by atoms with E-state index in [-0.39, 0.29) is 42.1 Å². The number of ketones is 1. The number of hydrogen-bond donors (Lipinski definition) is 1. The highest BCUT2D eigenvalue weighted by atomic mass is 16.5. The van der Waals surface area contributed by atoms with Crippen molar-refractivity contribution in [3.8, 4) is 0 Å². The molecule has 0 bridgehead atoms. The molecule has 4 amide bonds. The fourth-order valence-electron chi connectivity index (χ4n) is 6.37. The summed E-state index contributed by atoms with van der Waals surface area (Å²) in [4.78, 5) is 60.7. The molecule has 0 aromatic heterocycles. The van der Waals surface area contributed by atoms with Crippen molar-refractivity contribution in [2.75, 3.05) is 57.4 Å². The van der Waals surface area contributed by atoms with Gasteiger partial charge in [0.15, 0.2) is 5.78 Å². The molecule has 10 heteroatoms. The summed E-state index contributed by atoms with van der Waals surface area (Å²) in [7, 11) is 0. The maximum Gasteiger partial charge on any atom is 0.320 e. The van der Waals surface area contributed by atoms with Gasteiger partial charge in [0, 0.05) is 44.0 Å². The van der Waals surface area contributed by atoms with E-state index in [2.05, 4.69) is 10.2 Å². The first-order valence-corrected chi connectivity index (χ1v) is 14.5. The Morgan fingerprint density at radius 3 is 2.31 bits per heavy atom. The molecule has 4 aliphatic rings. The van der Waals surface area contributed by atoms with Gasteiger partial charge >= 0.3 is 6.03 Å². The van der Waals surface area contributed by atoms with E-state index in [0.717, 1.165) is 51.1 Å². The molecule has 3 atom stereocenters. The predicted octanol–water partition coefficient (Wildman–Crippen LogP) is 2.13. The standard InChI is InChI=1S/C29H41N5O5/c1-20(2)18-23(30-27(36)21-6-8-22(9-7-21)31-14-16-39-17-15-31)28(37)33-13-10-24-26(33)25(35)19-34(24)29(38)32-11-4-3-5-12-32/h6-9,20,23-24,26H,3-5,10-19H2,1-2H3,(H,30,36). The number of likely N-dealkylation sites (tertiary alicyclic amines) is 3. The van der Waals surface area contributed by atoms with Crippen molar-refractivity contribution in [3.05, 3.63) is 29.8 Å². The zero-order valence-electron chi connectivity index (χ0n) is 23.1. The third-order valence-corrected chi connectivity index (χ3v) is 8.39. The topological polar surface area (TPSA) is 103 Å². The van der Waals surface area contributed by atoms with Gasteiger partial charge in [-0.2, -0.15) is 0 Å². The summed E-state index contributed by atoms with van der Waals surface area (Å²) in [6.45, 7) is 8.92. The maximum absolute atomic E-state index is 13.8. The Kier molecular flexibility index (Phi) is 8.40. The minimum absolute atomic E-state index is 0.0468. The van der Waals surface area contributed by atoms with Crippen LogP contribution < -0.4 is 10.2 Å². The largest absolute Gasteiger partial charge is 0.378 e. The highest BCUT2D eigenvalue weighted by molar-refractivity contribution is 6.00. The van der Waals surface area contributed by atoms with Gasteiger partial charge in [-0.3, -0.25) is 14.4 Å². The van der Waals surface area contributed by atoms with E-state index < -0.39 is 12.1 Å². The molecule has 0 saturated carbocycles. The van der Waals surface area contributed by atoms with E-state index in [1.807, 2.05) is 30.9 Å². The number of amides is 4. The number of carbonyl (C=O) groups excluding carboxylic acids is 4. The lowest BCUT2D eigenvalue weighted by molar-refractivity contribution is -0.138. The normalized spacial score (nSPS) is 24.2. The second-order valence-corrected chi connectivity index (χ2v) is 11.6. The number of hydrogen-bond acceptors (Lipinski definition) is 6. The van der Waals surface area contributed by atoms with Crippen molar-refractivity contribution in [2.24, 2.45) is 5.92 Å². The molecule has 0 spiro atoms. The number of carbonyl (C=O) groups is 4. The molecule has 4 aliphatic heterocycles. The van der Waals surface area contributed by atoms with E-state index in [1.165, 1.54) is 0 Å². The Bertz CT molecular complexity index is 1060. The van der Waals surface area contributed by atoms with Crippen LogP contribution in [0.2, 0.25) is 0 Å². The third-order valence-electron chi connectivity index (χ3n) is 8.39. The number of Topliss-reactive ketones (excluding diaryl/α,β-unsaturated/α-hetero) is 1. The van der Waals surface area contributed by atoms with Gasteiger partial charge in [-0.15, -0.1) is 0 Å². The van der Waals surface area contributed by atoms with E-state index in [0.29, 0.717) is 38.2 Å². The van der Waals surface area contributed by atoms with Crippen LogP contribution in [0.4, 0.5) is 10.5 Å². The minimum atomic E-state index is -0.741. The quantitative estimate of drug-likeness (QED) is 0.594. The molecule has 1 aromatic carbocycles. The van der Waals surface area contributed by atoms with E-state index >= 15 is 0 Å². The smallest absolute Gasteiger partial charge is 0.320 e. The minimum Gasteiger partial charge on any atom is -0.378 e. The lowest BCUT2D eigenvalue weighted by Crippen LogP contribution is -2.53. The van der Waals surface area contributed by atoms with Crippen molar-refractivity contribution in [1.29, 1.82) is 0 Å². The molecule has 0 aliphatic carbocycles. The average Bonchev–Trinajstić information content (AvgIpc) is 3.54. The van der Waals surface area contributed by atoms with Crippen LogP contribution in [0, 0.1) is 5.92 Å². The van der Waals surface area contributed by atoms with Crippen LogP contribution in [0.5, 0.6) is 0 Å². The molecule has 4 fully saturated rings. The number of anilines is 1. The maximum atomic E-state index is 13.8. The van der Waals surface area contributed by atoms with Gasteiger partial charge in [-0.1, -0.05) is 13.8 Å². The zero-order chi connectivity index (χ0) is 27.5. The molecule has 1 N–H and O–H groups in total. The van der Waals surface area contributed by atoms with Crippen molar-refractivity contribution < 1.29 is 23.9 Å². The molecule has 0 radical (unpaired) electrons. The van der Waals surface area contributed by atoms with E-state index in [4.69, 9.17) is 4.74 Å². The first kappa shape index (κ1) is 27.4. The molecule has 4 heterocycles. The Hall–Kier alpha value is -3.14. The fourth-order valence-corrected chi connectivity index (χ4v) is 6.37. The Labute approximate surface area is 230 Å². The number of fused-ring (bicyclic) bond motifs is 1. The van der Waals surface area contributed by atoms with Gasteiger partial charge in [0.2, 0.25) is 5.91 Å². The molecule has 4 saturated heterocycles. The molecule has 10 nitrogen and oxygen atoms in total. The first-order chi connectivity index (χ1) is 18.8. The summed E-state index contributed by atoms with van der Waals surface area (Å²) < 4.78 is 5.42. The molecule has 1 aromatic rings. The highest BCUT2D eigenvalue weighted by Crippen LogP contribution is 2.32. The van der Waals surface area contributed by atoms with Crippen LogP contribution in [0.3, 0.4) is 0 Å². The Balaban J connectivity index is 1.25. The lowest BCUT2D eigenvalue weighted by atomic mass is 10.0. The number of piperidine rings is 1. The molecule has 39 heavy (non-hydrogen) atoms. The van der Waals surface area contributed by atoms with Crippen molar-refractivity contribution in [1.82, 2.24) is 20.0 Å². The van der Waals surface area contributed by atoms with Crippen LogP contribution in [-0.2, 0) is 14.3 Å². The van der Waals surface area contributed by atoms with Gasteiger partial charge in [0.25, 0.3) is 5.91 Å². The summed E-state index contributed by atoms with van der Waals surface area (Å²) in [5.74, 6) is -0.477. The average molecular weight is 540 g/mol. The molecule has 212 valence electrons. The van der Waals surface area contributed by atoms with Crippen molar-refractivity contribution in [3.63, 3.8) is 0 Å². The van der Waals surface area contributed by atoms with Crippen molar-refractivity contribution in [2.45, 2.75) is 64.1 Å². The zero-order valence-corrected chi connectivity index (χ0v) is 23.1. The van der Waals surface area contributed by atoms with Crippen molar-refractivity contribution >= 4 is 29.3 Å². The molecule has 3 unspecified atom stereocenters. The molecular formula is C29H41N5O5. The molecular weight excluding hydrogens is 498 g/mol. The number of morpholine rings is 1. The number of rotatable bonds is 6. The Morgan fingerprint density at radius 2 is 1.64 bits per heavy atom. The summed E-state index contributed by atoms with van der Waals surface area (Å²) >= 11 is 0. The van der Waals surface area contributed by atoms with Gasteiger partial charge in [0.05, 0.1) is 25.8 Å². The molecule has 5 rings (SSSR count). The van der Waals surface area contributed by atoms with Gasteiger partial charge in [0.1, 0.15) is 12.1 Å². The second kappa shape index (κ2) is 11.9. The van der Waals surface area contributed by atoms with Crippen LogP contribution in [0.15, 0.2) is 24.3 Å². The monoisotopic (exact) mass is 539 g/mol. The highest BCUT2D eigenvalue weighted by Gasteiger charge is 2.52. The summed E-state index contributed by atoms with van der Waals surface area (Å²) in [5.41, 5.74) is 1.53. The second-order valence-electron chi connectivity index (χ2n) is 11.6. The SMILES string of the molecule is CC(C)CC(NC(=O)c1ccc(N2CCOCC2)cc1)C(=O)N1CCC2C1C(=O)CN2C(=O)N1CCCCC1. The fraction of sp³-hybridized carbons (Fsp3) is 0.655. The van der Waals surface area contributed by atoms with E-state index in [9.17, 15) is 19.2 Å². The third kappa shape index (κ3) is 5.90. The number of urea groups is 1. The summed E-state index contributed by atoms with van der Waals surface area (Å²) in [5, 5.41) is 2.96. The van der Waals surface area contributed by atoms with Crippen LogP contribution in [0.25, 0.3) is 0 Å². The van der Waals surface area contributed by atoms with Gasteiger partial charge < -0.3 is 29.7 Å². The first-order valence-electron chi connectivity index (χ1n) is 14.5. The van der Waals surface area contributed by atoms with Crippen LogP contribution >= 0.6 is 0 Å². The number of nitrogens with zero attached hydrogens (tertiary/aromatic N) is 4. The number of nitrogens with one attached hydrogen (secondary N) is 1. The number of ether oxygens (including phenoxy) is 1. The van der Waals surface area contributed by atoms with E-state index in [1.54, 1.807) is 21.9 Å². The summed E-state index contributed by atoms with van der Waals surface area (Å²) in [6, 6.07) is 5.67. The van der Waals surface area contributed by atoms with Gasteiger partial charge in [-0.05, 0) is 62.3 Å². The predicted molar refractivity (Wildman–Crippen MR) is 147 cm³/mol. The summed E-state index contributed by atoms with van der Waals surface area (Å²) in [6.07, 6.45) is 4.14. The van der Waals surface area contributed by atoms with Crippen LogP contribution in [0.1, 0.15) is 56.3 Å². The lowest BCUT2D eigenvalue weighted by Gasteiger charge is -2.33. The van der Waals surface area contributed by atoms with Gasteiger partial charge in [-0.25, -0.2) is 4.79 Å². The van der Waals surface area contributed by atoms with Crippen LogP contribution in [-0.4, -0.2) is 109 Å². The Morgan fingerprint density at radius 1 is 0.949 bits per heavy atom. The number of benzene rings is 1.